The minimum atomic E-state index is -0.884. The van der Waals surface area contributed by atoms with Crippen LogP contribution in [0.25, 0.3) is 0 Å². The van der Waals surface area contributed by atoms with E-state index in [0.29, 0.717) is 5.02 Å². The molecule has 6 heteroatoms. The molecule has 19 heavy (non-hydrogen) atoms. The van der Waals surface area contributed by atoms with Gasteiger partial charge in [-0.3, -0.25) is 4.79 Å². The molecule has 0 aliphatic carbocycles. The lowest BCUT2D eigenvalue weighted by Crippen LogP contribution is -2.39. The summed E-state index contributed by atoms with van der Waals surface area (Å²) < 4.78 is 5.05. The Labute approximate surface area is 117 Å². The maximum Gasteiger partial charge on any atom is 0.341 e. The maximum absolute atomic E-state index is 11.9. The number of carbonyl (C=O) groups excluding carboxylic acids is 2. The van der Waals surface area contributed by atoms with Crippen LogP contribution in [0.1, 0.15) is 31.1 Å². The van der Waals surface area contributed by atoms with Gasteiger partial charge in [0.25, 0.3) is 5.91 Å². The number of hydrogen-bond donors (Lipinski definition) is 2. The lowest BCUT2D eigenvalue weighted by Gasteiger charge is -2.15. The van der Waals surface area contributed by atoms with E-state index in [1.807, 2.05) is 13.8 Å². The molecule has 0 aromatic heterocycles. The lowest BCUT2D eigenvalue weighted by molar-refractivity contribution is -0.129. The fourth-order valence-corrected chi connectivity index (χ4v) is 1.58. The molecule has 3 N–H and O–H groups in total. The molecule has 0 spiro atoms. The number of nitrogens with two attached hydrogens (primary N) is 1. The van der Waals surface area contributed by atoms with E-state index in [4.69, 9.17) is 22.1 Å². The fraction of sp³-hybridized carbons (Fsp3) is 0.385. The number of rotatable bonds is 4. The van der Waals surface area contributed by atoms with Gasteiger partial charge in [-0.2, -0.15) is 0 Å². The van der Waals surface area contributed by atoms with Crippen LogP contribution in [0.5, 0.6) is 0 Å². The van der Waals surface area contributed by atoms with Gasteiger partial charge in [0.15, 0.2) is 6.10 Å². The summed E-state index contributed by atoms with van der Waals surface area (Å²) in [6, 6.07) is 4.44. The number of hydrogen-bond acceptors (Lipinski definition) is 4. The summed E-state index contributed by atoms with van der Waals surface area (Å²) in [4.78, 5) is 23.5. The predicted molar refractivity (Wildman–Crippen MR) is 74.0 cm³/mol. The van der Waals surface area contributed by atoms with Crippen molar-refractivity contribution in [1.82, 2.24) is 5.32 Å². The zero-order valence-corrected chi connectivity index (χ0v) is 11.8. The summed E-state index contributed by atoms with van der Waals surface area (Å²) >= 11 is 5.74. The topological polar surface area (TPSA) is 81.4 Å². The highest BCUT2D eigenvalue weighted by molar-refractivity contribution is 6.31. The van der Waals surface area contributed by atoms with E-state index in [0.717, 1.165) is 0 Å². The smallest absolute Gasteiger partial charge is 0.341 e. The Balaban J connectivity index is 2.71. The zero-order chi connectivity index (χ0) is 14.6. The van der Waals surface area contributed by atoms with E-state index in [2.05, 4.69) is 5.32 Å². The molecule has 1 amide bonds. The monoisotopic (exact) mass is 284 g/mol. The highest BCUT2D eigenvalue weighted by Gasteiger charge is 2.20. The van der Waals surface area contributed by atoms with Crippen molar-refractivity contribution in [1.29, 1.82) is 0 Å². The quantitative estimate of drug-likeness (QED) is 0.654. The predicted octanol–water partition coefficient (Wildman–Crippen LogP) is 1.99. The van der Waals surface area contributed by atoms with Crippen LogP contribution in [0.4, 0.5) is 5.69 Å². The van der Waals surface area contributed by atoms with Gasteiger partial charge < -0.3 is 15.8 Å². The molecule has 0 saturated carbocycles. The minimum Gasteiger partial charge on any atom is -0.449 e. The van der Waals surface area contributed by atoms with E-state index in [9.17, 15) is 9.59 Å². The number of nitrogens with one attached hydrogen (secondary N) is 1. The van der Waals surface area contributed by atoms with Gasteiger partial charge in [0, 0.05) is 16.8 Å². The first-order chi connectivity index (χ1) is 8.81. The van der Waals surface area contributed by atoms with Gasteiger partial charge in [0.1, 0.15) is 0 Å². The van der Waals surface area contributed by atoms with Crippen LogP contribution in [0.2, 0.25) is 5.02 Å². The number of esters is 1. The molecule has 0 unspecified atom stereocenters. The second kappa shape index (κ2) is 6.43. The van der Waals surface area contributed by atoms with Crippen LogP contribution >= 0.6 is 11.6 Å². The number of carbonyl (C=O) groups is 2. The number of anilines is 1. The van der Waals surface area contributed by atoms with Crippen LogP contribution in [0.3, 0.4) is 0 Å². The van der Waals surface area contributed by atoms with Gasteiger partial charge in [-0.15, -0.1) is 0 Å². The van der Waals surface area contributed by atoms with Crippen molar-refractivity contribution in [3.05, 3.63) is 28.8 Å². The van der Waals surface area contributed by atoms with Crippen molar-refractivity contribution >= 4 is 29.2 Å². The SMILES string of the molecule is CC(C)NC(=O)[C@H](C)OC(=O)c1ccc(Cl)cc1N. The number of benzene rings is 1. The lowest BCUT2D eigenvalue weighted by atomic mass is 10.2. The minimum absolute atomic E-state index is 0.0192. The van der Waals surface area contributed by atoms with Gasteiger partial charge in [0.05, 0.1) is 5.56 Å². The molecule has 0 fully saturated rings. The highest BCUT2D eigenvalue weighted by atomic mass is 35.5. The van der Waals surface area contributed by atoms with Crippen molar-refractivity contribution < 1.29 is 14.3 Å². The summed E-state index contributed by atoms with van der Waals surface area (Å²) in [7, 11) is 0. The first-order valence-corrected chi connectivity index (χ1v) is 6.25. The van der Waals surface area contributed by atoms with E-state index >= 15 is 0 Å². The molecule has 0 heterocycles. The molecular weight excluding hydrogens is 268 g/mol. The third kappa shape index (κ3) is 4.44. The van der Waals surface area contributed by atoms with E-state index in [1.165, 1.54) is 25.1 Å². The van der Waals surface area contributed by atoms with Crippen LogP contribution in [0.15, 0.2) is 18.2 Å². The summed E-state index contributed by atoms with van der Waals surface area (Å²) in [6.45, 7) is 5.15. The average Bonchev–Trinajstić information content (AvgIpc) is 2.27. The van der Waals surface area contributed by atoms with Gasteiger partial charge in [-0.1, -0.05) is 11.6 Å². The molecule has 0 saturated heterocycles. The van der Waals surface area contributed by atoms with E-state index in [1.54, 1.807) is 0 Å². The van der Waals surface area contributed by atoms with Crippen molar-refractivity contribution in [2.45, 2.75) is 32.9 Å². The van der Waals surface area contributed by atoms with Gasteiger partial charge >= 0.3 is 5.97 Å². The van der Waals surface area contributed by atoms with Crippen molar-refractivity contribution in [2.75, 3.05) is 5.73 Å². The fourth-order valence-electron chi connectivity index (χ4n) is 1.40. The average molecular weight is 285 g/mol. The summed E-state index contributed by atoms with van der Waals surface area (Å²) in [5, 5.41) is 3.08. The molecule has 5 nitrogen and oxygen atoms in total. The second-order valence-corrected chi connectivity index (χ2v) is 4.88. The maximum atomic E-state index is 11.9. The molecule has 1 atom stereocenters. The Kier molecular flexibility index (Phi) is 5.18. The molecule has 0 bridgehead atoms. The Morgan fingerprint density at radius 3 is 2.47 bits per heavy atom. The third-order valence-corrected chi connectivity index (χ3v) is 2.55. The molecule has 1 aromatic rings. The molecule has 1 aromatic carbocycles. The van der Waals surface area contributed by atoms with Gasteiger partial charge in [-0.05, 0) is 39.0 Å². The summed E-state index contributed by atoms with van der Waals surface area (Å²) in [5.41, 5.74) is 6.07. The molecule has 1 rings (SSSR count). The Hall–Kier alpha value is -1.75. The van der Waals surface area contributed by atoms with Crippen LogP contribution in [-0.2, 0) is 9.53 Å². The Bertz CT molecular complexity index is 489. The van der Waals surface area contributed by atoms with Gasteiger partial charge in [-0.25, -0.2) is 4.79 Å². The number of ether oxygens (including phenoxy) is 1. The van der Waals surface area contributed by atoms with Gasteiger partial charge in [0.2, 0.25) is 0 Å². The van der Waals surface area contributed by atoms with Crippen LogP contribution in [0, 0.1) is 0 Å². The van der Waals surface area contributed by atoms with Crippen molar-refractivity contribution in [3.63, 3.8) is 0 Å². The molecule has 0 aliphatic rings. The standard InChI is InChI=1S/C13H17ClN2O3/c1-7(2)16-12(17)8(3)19-13(18)10-5-4-9(14)6-11(10)15/h4-8H,15H2,1-3H3,(H,16,17)/t8-/m0/s1. The zero-order valence-electron chi connectivity index (χ0n) is 11.1. The van der Waals surface area contributed by atoms with Crippen LogP contribution < -0.4 is 11.1 Å². The normalized spacial score (nSPS) is 12.1. The van der Waals surface area contributed by atoms with Crippen molar-refractivity contribution in [3.8, 4) is 0 Å². The first kappa shape index (κ1) is 15.3. The number of nitrogen functional groups attached to an aromatic ring is 1. The van der Waals surface area contributed by atoms with Crippen LogP contribution in [-0.4, -0.2) is 24.0 Å². The molecule has 104 valence electrons. The largest absolute Gasteiger partial charge is 0.449 e. The van der Waals surface area contributed by atoms with Crippen molar-refractivity contribution in [2.24, 2.45) is 0 Å². The molecule has 0 radical (unpaired) electrons. The molecular formula is C13H17ClN2O3. The summed E-state index contributed by atoms with van der Waals surface area (Å²) in [6.07, 6.45) is -0.884. The number of amides is 1. The molecule has 0 aliphatic heterocycles. The highest BCUT2D eigenvalue weighted by Crippen LogP contribution is 2.19. The second-order valence-electron chi connectivity index (χ2n) is 4.44. The van der Waals surface area contributed by atoms with E-state index < -0.39 is 12.1 Å². The number of halogens is 1. The third-order valence-electron chi connectivity index (χ3n) is 2.32. The first-order valence-electron chi connectivity index (χ1n) is 5.87. The summed E-state index contributed by atoms with van der Waals surface area (Å²) in [5.74, 6) is -1.00. The Morgan fingerprint density at radius 2 is 1.95 bits per heavy atom. The van der Waals surface area contributed by atoms with E-state index in [-0.39, 0.29) is 23.2 Å². The Morgan fingerprint density at radius 1 is 1.32 bits per heavy atom.